The summed E-state index contributed by atoms with van der Waals surface area (Å²) in [6.07, 6.45) is 3.83. The normalized spacial score (nSPS) is 13.8. The van der Waals surface area contributed by atoms with Crippen LogP contribution in [0.15, 0.2) is 6.33 Å². The largest absolute Gasteiger partial charge is 0.490 e. The second kappa shape index (κ2) is 7.03. The molecular formula is C13H24N4O. The number of nitrogens with one attached hydrogen (secondary N) is 2. The molecule has 1 aromatic rings. The fourth-order valence-corrected chi connectivity index (χ4v) is 1.91. The Morgan fingerprint density at radius 2 is 1.94 bits per heavy atom. The first-order chi connectivity index (χ1) is 8.62. The monoisotopic (exact) mass is 252 g/mol. The summed E-state index contributed by atoms with van der Waals surface area (Å²) >= 11 is 0. The number of ether oxygens (including phenoxy) is 1. The van der Waals surface area contributed by atoms with E-state index in [1.165, 1.54) is 12.7 Å². The van der Waals surface area contributed by atoms with Gasteiger partial charge in [-0.3, -0.25) is 0 Å². The quantitative estimate of drug-likeness (QED) is 0.781. The zero-order chi connectivity index (χ0) is 13.5. The molecule has 0 fully saturated rings. The van der Waals surface area contributed by atoms with Crippen molar-refractivity contribution in [3.8, 4) is 5.75 Å². The molecule has 2 N–H and O–H groups in total. The highest BCUT2D eigenvalue weighted by atomic mass is 16.5. The summed E-state index contributed by atoms with van der Waals surface area (Å²) in [6.45, 7) is 6.63. The summed E-state index contributed by atoms with van der Waals surface area (Å²) < 4.78 is 5.35. The highest BCUT2D eigenvalue weighted by Gasteiger charge is 2.14. The summed E-state index contributed by atoms with van der Waals surface area (Å²) in [5, 5.41) is 6.38. The van der Waals surface area contributed by atoms with E-state index in [1.807, 2.05) is 7.05 Å². The Kier molecular flexibility index (Phi) is 5.68. The molecule has 0 bridgehead atoms. The van der Waals surface area contributed by atoms with Crippen molar-refractivity contribution in [2.75, 3.05) is 24.8 Å². The van der Waals surface area contributed by atoms with E-state index in [-0.39, 0.29) is 0 Å². The minimum atomic E-state index is 0.355. The third-order valence-corrected chi connectivity index (χ3v) is 3.08. The highest BCUT2D eigenvalue weighted by molar-refractivity contribution is 5.63. The Bertz CT molecular complexity index is 370. The lowest BCUT2D eigenvalue weighted by Crippen LogP contribution is -2.20. The minimum Gasteiger partial charge on any atom is -0.490 e. The van der Waals surface area contributed by atoms with E-state index in [1.54, 1.807) is 7.11 Å². The SMILES string of the molecule is CCC(C)CC(C)Nc1ncnc(NC)c1OC. The van der Waals surface area contributed by atoms with Crippen molar-refractivity contribution in [2.45, 2.75) is 39.7 Å². The lowest BCUT2D eigenvalue weighted by molar-refractivity contribution is 0.413. The van der Waals surface area contributed by atoms with E-state index in [2.05, 4.69) is 41.4 Å². The van der Waals surface area contributed by atoms with E-state index in [0.29, 0.717) is 23.5 Å². The maximum atomic E-state index is 5.35. The van der Waals surface area contributed by atoms with E-state index in [0.717, 1.165) is 12.2 Å². The average molecular weight is 252 g/mol. The maximum Gasteiger partial charge on any atom is 0.204 e. The predicted molar refractivity (Wildman–Crippen MR) is 75.3 cm³/mol. The lowest BCUT2D eigenvalue weighted by Gasteiger charge is -2.20. The second-order valence-corrected chi connectivity index (χ2v) is 4.65. The van der Waals surface area contributed by atoms with Crippen LogP contribution < -0.4 is 15.4 Å². The van der Waals surface area contributed by atoms with Crippen molar-refractivity contribution in [1.29, 1.82) is 0 Å². The summed E-state index contributed by atoms with van der Waals surface area (Å²) in [6, 6.07) is 0.355. The molecule has 0 saturated heterocycles. The van der Waals surface area contributed by atoms with E-state index in [9.17, 15) is 0 Å². The molecule has 1 aromatic heterocycles. The first-order valence-corrected chi connectivity index (χ1v) is 6.45. The number of methoxy groups -OCH3 is 1. The van der Waals surface area contributed by atoms with Gasteiger partial charge in [0.2, 0.25) is 5.75 Å². The topological polar surface area (TPSA) is 59.1 Å². The molecule has 5 heteroatoms. The van der Waals surface area contributed by atoms with Crippen LogP contribution in [0, 0.1) is 5.92 Å². The molecule has 0 aliphatic carbocycles. The van der Waals surface area contributed by atoms with Crippen LogP contribution in [0.1, 0.15) is 33.6 Å². The molecule has 5 nitrogen and oxygen atoms in total. The van der Waals surface area contributed by atoms with Gasteiger partial charge in [0.25, 0.3) is 0 Å². The fraction of sp³-hybridized carbons (Fsp3) is 0.692. The summed E-state index contributed by atoms with van der Waals surface area (Å²) in [5.74, 6) is 2.80. The Morgan fingerprint density at radius 1 is 1.28 bits per heavy atom. The zero-order valence-corrected chi connectivity index (χ0v) is 11.9. The van der Waals surface area contributed by atoms with Crippen LogP contribution in [0.2, 0.25) is 0 Å². The molecule has 1 heterocycles. The smallest absolute Gasteiger partial charge is 0.204 e. The average Bonchev–Trinajstić information content (AvgIpc) is 2.37. The molecule has 0 saturated carbocycles. The van der Waals surface area contributed by atoms with Gasteiger partial charge >= 0.3 is 0 Å². The highest BCUT2D eigenvalue weighted by Crippen LogP contribution is 2.29. The maximum absolute atomic E-state index is 5.35. The molecular weight excluding hydrogens is 228 g/mol. The molecule has 0 spiro atoms. The van der Waals surface area contributed by atoms with E-state index in [4.69, 9.17) is 4.74 Å². The van der Waals surface area contributed by atoms with Crippen LogP contribution >= 0.6 is 0 Å². The third-order valence-electron chi connectivity index (χ3n) is 3.08. The van der Waals surface area contributed by atoms with Gasteiger partial charge in [-0.1, -0.05) is 20.3 Å². The van der Waals surface area contributed by atoms with E-state index < -0.39 is 0 Å². The van der Waals surface area contributed by atoms with Crippen molar-refractivity contribution in [1.82, 2.24) is 9.97 Å². The molecule has 102 valence electrons. The molecule has 2 atom stereocenters. The van der Waals surface area contributed by atoms with Gasteiger partial charge in [0, 0.05) is 13.1 Å². The Morgan fingerprint density at radius 3 is 2.50 bits per heavy atom. The number of hydrogen-bond donors (Lipinski definition) is 2. The van der Waals surface area contributed by atoms with Crippen LogP contribution in [0.5, 0.6) is 5.75 Å². The van der Waals surface area contributed by atoms with Gasteiger partial charge in [-0.05, 0) is 19.3 Å². The van der Waals surface area contributed by atoms with Crippen molar-refractivity contribution < 1.29 is 4.74 Å². The van der Waals surface area contributed by atoms with Gasteiger partial charge < -0.3 is 15.4 Å². The van der Waals surface area contributed by atoms with Crippen molar-refractivity contribution in [2.24, 2.45) is 5.92 Å². The molecule has 18 heavy (non-hydrogen) atoms. The van der Waals surface area contributed by atoms with Crippen LogP contribution in [0.25, 0.3) is 0 Å². The number of nitrogens with zero attached hydrogens (tertiary/aromatic N) is 2. The standard InChI is InChI=1S/C13H24N4O/c1-6-9(2)7-10(3)17-13-11(18-5)12(14-4)15-8-16-13/h8-10H,6-7H2,1-5H3,(H2,14,15,16,17). The first-order valence-electron chi connectivity index (χ1n) is 6.45. The van der Waals surface area contributed by atoms with Crippen LogP contribution in [-0.2, 0) is 0 Å². The second-order valence-electron chi connectivity index (χ2n) is 4.65. The Hall–Kier alpha value is -1.52. The molecule has 1 rings (SSSR count). The third kappa shape index (κ3) is 3.75. The number of hydrogen-bond acceptors (Lipinski definition) is 5. The van der Waals surface area contributed by atoms with Gasteiger partial charge in [-0.25, -0.2) is 9.97 Å². The molecule has 0 aromatic carbocycles. The number of anilines is 2. The Balaban J connectivity index is 2.77. The van der Waals surface area contributed by atoms with Crippen molar-refractivity contribution in [3.05, 3.63) is 6.33 Å². The van der Waals surface area contributed by atoms with Gasteiger partial charge in [-0.15, -0.1) is 0 Å². The van der Waals surface area contributed by atoms with Crippen LogP contribution in [0.4, 0.5) is 11.6 Å². The predicted octanol–water partition coefficient (Wildman–Crippen LogP) is 2.76. The van der Waals surface area contributed by atoms with Crippen LogP contribution in [0.3, 0.4) is 0 Å². The van der Waals surface area contributed by atoms with Gasteiger partial charge in [0.05, 0.1) is 7.11 Å². The van der Waals surface area contributed by atoms with Crippen LogP contribution in [-0.4, -0.2) is 30.2 Å². The molecule has 0 aliphatic rings. The Labute approximate surface area is 109 Å². The molecule has 2 unspecified atom stereocenters. The van der Waals surface area contributed by atoms with Crippen molar-refractivity contribution in [3.63, 3.8) is 0 Å². The fourth-order valence-electron chi connectivity index (χ4n) is 1.91. The first kappa shape index (κ1) is 14.5. The number of aromatic nitrogens is 2. The number of rotatable bonds is 7. The lowest BCUT2D eigenvalue weighted by atomic mass is 10.0. The zero-order valence-electron chi connectivity index (χ0n) is 11.9. The molecule has 0 aliphatic heterocycles. The van der Waals surface area contributed by atoms with Gasteiger partial charge in [-0.2, -0.15) is 0 Å². The van der Waals surface area contributed by atoms with E-state index >= 15 is 0 Å². The molecule has 0 amide bonds. The summed E-state index contributed by atoms with van der Waals surface area (Å²) in [5.41, 5.74) is 0. The minimum absolute atomic E-state index is 0.355. The summed E-state index contributed by atoms with van der Waals surface area (Å²) in [7, 11) is 3.45. The van der Waals surface area contributed by atoms with Gasteiger partial charge in [0.1, 0.15) is 6.33 Å². The molecule has 0 radical (unpaired) electrons. The summed E-state index contributed by atoms with van der Waals surface area (Å²) in [4.78, 5) is 8.37. The van der Waals surface area contributed by atoms with Crippen molar-refractivity contribution >= 4 is 11.6 Å². The van der Waals surface area contributed by atoms with Gasteiger partial charge in [0.15, 0.2) is 11.6 Å².